The molecule has 19 heavy (non-hydrogen) atoms. The summed E-state index contributed by atoms with van der Waals surface area (Å²) in [4.78, 5) is 22.5. The van der Waals surface area contributed by atoms with Crippen molar-refractivity contribution in [1.82, 2.24) is 0 Å². The fraction of sp³-hybridized carbons (Fsp3) is 0.714. The van der Waals surface area contributed by atoms with E-state index in [0.29, 0.717) is 0 Å². The third-order valence-electron chi connectivity index (χ3n) is 2.31. The van der Waals surface area contributed by atoms with E-state index in [1.807, 2.05) is 0 Å². The van der Waals surface area contributed by atoms with Crippen LogP contribution in [0.5, 0.6) is 0 Å². The molecule has 0 unspecified atom stereocenters. The molecule has 0 aromatic carbocycles. The summed E-state index contributed by atoms with van der Waals surface area (Å²) in [6.45, 7) is 8.48. The van der Waals surface area contributed by atoms with E-state index in [1.54, 1.807) is 34.6 Å². The third-order valence-corrected chi connectivity index (χ3v) is 2.31. The molecule has 0 amide bonds. The Balaban J connectivity index is 4.51. The Hall–Kier alpha value is -1.39. The van der Waals surface area contributed by atoms with E-state index in [2.05, 4.69) is 0 Å². The first kappa shape index (κ1) is 17.6. The molecule has 4 nitrogen and oxygen atoms in total. The molecule has 0 aliphatic carbocycles. The maximum atomic E-state index is 13.4. The molecule has 0 rings (SSSR count). The summed E-state index contributed by atoms with van der Waals surface area (Å²) >= 11 is 0. The number of carbonyl (C=O) groups excluding carboxylic acids is 1. The largest absolute Gasteiger partial charge is 0.481 e. The Bertz CT molecular complexity index is 353. The van der Waals surface area contributed by atoms with E-state index in [9.17, 15) is 14.0 Å². The van der Waals surface area contributed by atoms with Crippen LogP contribution in [-0.2, 0) is 14.3 Å². The normalized spacial score (nSPS) is 14.4. The average Bonchev–Trinajstić information content (AvgIpc) is 2.20. The fourth-order valence-electron chi connectivity index (χ4n) is 1.33. The van der Waals surface area contributed by atoms with Gasteiger partial charge in [-0.3, -0.25) is 9.59 Å². The predicted molar refractivity (Wildman–Crippen MR) is 70.2 cm³/mol. The van der Waals surface area contributed by atoms with Crippen LogP contribution in [0.2, 0.25) is 0 Å². The molecule has 5 heteroatoms. The molecule has 0 aliphatic heterocycles. The molecular formula is C14H23FO4. The molecule has 110 valence electrons. The fourth-order valence-corrected chi connectivity index (χ4v) is 1.33. The van der Waals surface area contributed by atoms with E-state index in [1.165, 1.54) is 0 Å². The van der Waals surface area contributed by atoms with Crippen molar-refractivity contribution in [2.45, 2.75) is 53.1 Å². The minimum absolute atomic E-state index is 0.0321. The van der Waals surface area contributed by atoms with Crippen molar-refractivity contribution >= 4 is 11.9 Å². The number of allylic oxidation sites excluding steroid dienone is 1. The second-order valence-corrected chi connectivity index (χ2v) is 5.78. The number of aliphatic carboxylic acids is 1. The van der Waals surface area contributed by atoms with Crippen LogP contribution in [0, 0.1) is 11.8 Å². The van der Waals surface area contributed by atoms with Crippen molar-refractivity contribution < 1.29 is 23.8 Å². The van der Waals surface area contributed by atoms with Gasteiger partial charge in [-0.1, -0.05) is 13.8 Å². The maximum Gasteiger partial charge on any atom is 0.310 e. The van der Waals surface area contributed by atoms with Gasteiger partial charge < -0.3 is 9.84 Å². The van der Waals surface area contributed by atoms with E-state index in [4.69, 9.17) is 9.84 Å². The van der Waals surface area contributed by atoms with Crippen LogP contribution in [0.15, 0.2) is 11.9 Å². The number of halogens is 1. The lowest BCUT2D eigenvalue weighted by Crippen LogP contribution is -2.24. The Morgan fingerprint density at radius 2 is 1.84 bits per heavy atom. The molecule has 0 aliphatic rings. The van der Waals surface area contributed by atoms with Crippen molar-refractivity contribution in [3.63, 3.8) is 0 Å². The van der Waals surface area contributed by atoms with Crippen LogP contribution in [0.3, 0.4) is 0 Å². The second kappa shape index (κ2) is 7.26. The number of carboxylic acids is 1. The van der Waals surface area contributed by atoms with Crippen molar-refractivity contribution in [1.29, 1.82) is 0 Å². The highest BCUT2D eigenvalue weighted by atomic mass is 19.1. The first-order chi connectivity index (χ1) is 8.53. The van der Waals surface area contributed by atoms with Crippen LogP contribution in [0.1, 0.15) is 47.5 Å². The maximum absolute atomic E-state index is 13.4. The number of carboxylic acid groups (broad SMARTS) is 1. The SMILES string of the molecule is CC(C)/C(F)=C/[C@@H](CCC(=O)OC(C)(C)C)C(=O)O. The monoisotopic (exact) mass is 274 g/mol. The molecular weight excluding hydrogens is 251 g/mol. The molecule has 0 aromatic heterocycles. The number of ether oxygens (including phenoxy) is 1. The summed E-state index contributed by atoms with van der Waals surface area (Å²) < 4.78 is 18.5. The van der Waals surface area contributed by atoms with Crippen LogP contribution in [0.4, 0.5) is 4.39 Å². The van der Waals surface area contributed by atoms with Gasteiger partial charge in [0.15, 0.2) is 0 Å². The molecule has 0 saturated heterocycles. The van der Waals surface area contributed by atoms with Crippen molar-refractivity contribution in [3.05, 3.63) is 11.9 Å². The predicted octanol–water partition coefficient (Wildman–Crippen LogP) is 3.32. The standard InChI is InChI=1S/C14H23FO4/c1-9(2)11(15)8-10(13(17)18)6-7-12(16)19-14(3,4)5/h8-10H,6-7H2,1-5H3,(H,17,18)/b11-8-/t10-/m1/s1. The van der Waals surface area contributed by atoms with Gasteiger partial charge in [-0.2, -0.15) is 0 Å². The van der Waals surface area contributed by atoms with E-state index in [0.717, 1.165) is 6.08 Å². The smallest absolute Gasteiger partial charge is 0.310 e. The van der Waals surface area contributed by atoms with Crippen LogP contribution in [0.25, 0.3) is 0 Å². The van der Waals surface area contributed by atoms with Gasteiger partial charge in [-0.25, -0.2) is 4.39 Å². The summed E-state index contributed by atoms with van der Waals surface area (Å²) in [6.07, 6.45) is 1.05. The summed E-state index contributed by atoms with van der Waals surface area (Å²) in [7, 11) is 0. The molecule has 0 spiro atoms. The highest BCUT2D eigenvalue weighted by Crippen LogP contribution is 2.19. The molecule has 0 aromatic rings. The Morgan fingerprint density at radius 3 is 2.21 bits per heavy atom. The first-order valence-electron chi connectivity index (χ1n) is 6.34. The van der Waals surface area contributed by atoms with Gasteiger partial charge in [0.1, 0.15) is 5.60 Å². The number of carbonyl (C=O) groups is 2. The topological polar surface area (TPSA) is 63.6 Å². The number of esters is 1. The average molecular weight is 274 g/mol. The molecule has 0 fully saturated rings. The van der Waals surface area contributed by atoms with Crippen molar-refractivity contribution in [2.24, 2.45) is 11.8 Å². The van der Waals surface area contributed by atoms with Gasteiger partial charge in [0.05, 0.1) is 11.7 Å². The third kappa shape index (κ3) is 8.35. The van der Waals surface area contributed by atoms with Gasteiger partial charge in [0, 0.05) is 12.3 Å². The molecule has 1 atom stereocenters. The Morgan fingerprint density at radius 1 is 1.32 bits per heavy atom. The van der Waals surface area contributed by atoms with Gasteiger partial charge in [-0.15, -0.1) is 0 Å². The van der Waals surface area contributed by atoms with Crippen LogP contribution < -0.4 is 0 Å². The summed E-state index contributed by atoms with van der Waals surface area (Å²) in [5.41, 5.74) is -0.602. The lowest BCUT2D eigenvalue weighted by atomic mass is 10.00. The van der Waals surface area contributed by atoms with Gasteiger partial charge in [0.2, 0.25) is 0 Å². The van der Waals surface area contributed by atoms with Crippen LogP contribution >= 0.6 is 0 Å². The van der Waals surface area contributed by atoms with Crippen molar-refractivity contribution in [2.75, 3.05) is 0 Å². The lowest BCUT2D eigenvalue weighted by molar-refractivity contribution is -0.155. The van der Waals surface area contributed by atoms with Crippen molar-refractivity contribution in [3.8, 4) is 0 Å². The summed E-state index contributed by atoms with van der Waals surface area (Å²) in [6, 6.07) is 0. The zero-order valence-corrected chi connectivity index (χ0v) is 12.2. The number of hydrogen-bond donors (Lipinski definition) is 1. The molecule has 1 N–H and O–H groups in total. The van der Waals surface area contributed by atoms with Crippen LogP contribution in [-0.4, -0.2) is 22.6 Å². The minimum atomic E-state index is -1.14. The molecule has 0 bridgehead atoms. The summed E-state index contributed by atoms with van der Waals surface area (Å²) in [5.74, 6) is -3.45. The lowest BCUT2D eigenvalue weighted by Gasteiger charge is -2.19. The highest BCUT2D eigenvalue weighted by molar-refractivity contribution is 5.74. The zero-order chi connectivity index (χ0) is 15.2. The Kier molecular flexibility index (Phi) is 6.73. The van der Waals surface area contributed by atoms with E-state index in [-0.39, 0.29) is 18.8 Å². The van der Waals surface area contributed by atoms with E-state index >= 15 is 0 Å². The molecule has 0 heterocycles. The second-order valence-electron chi connectivity index (χ2n) is 5.78. The van der Waals surface area contributed by atoms with Gasteiger partial charge >= 0.3 is 11.9 Å². The molecule has 0 radical (unpaired) electrons. The number of rotatable bonds is 6. The summed E-state index contributed by atoms with van der Waals surface area (Å²) in [5, 5.41) is 8.99. The molecule has 0 saturated carbocycles. The van der Waals surface area contributed by atoms with Gasteiger partial charge in [0.25, 0.3) is 0 Å². The zero-order valence-electron chi connectivity index (χ0n) is 12.2. The Labute approximate surface area is 113 Å². The van der Waals surface area contributed by atoms with E-state index < -0.39 is 29.3 Å². The number of hydrogen-bond acceptors (Lipinski definition) is 3. The quantitative estimate of drug-likeness (QED) is 0.755. The minimum Gasteiger partial charge on any atom is -0.481 e. The van der Waals surface area contributed by atoms with Gasteiger partial charge in [-0.05, 0) is 33.3 Å². The first-order valence-corrected chi connectivity index (χ1v) is 6.34. The highest BCUT2D eigenvalue weighted by Gasteiger charge is 2.21.